The van der Waals surface area contributed by atoms with E-state index >= 15 is 0 Å². The second kappa shape index (κ2) is 6.08. The van der Waals surface area contributed by atoms with E-state index in [9.17, 15) is 4.79 Å². The van der Waals surface area contributed by atoms with Gasteiger partial charge in [-0.05, 0) is 29.2 Å². The maximum absolute atomic E-state index is 12.7. The minimum atomic E-state index is 0.0430. The van der Waals surface area contributed by atoms with Gasteiger partial charge in [0, 0.05) is 23.5 Å². The molecule has 0 spiro atoms. The normalized spacial score (nSPS) is 16.2. The van der Waals surface area contributed by atoms with Crippen LogP contribution in [0.2, 0.25) is 0 Å². The zero-order valence-corrected chi connectivity index (χ0v) is 14.5. The van der Waals surface area contributed by atoms with Gasteiger partial charge in [0.25, 0.3) is 0 Å². The summed E-state index contributed by atoms with van der Waals surface area (Å²) in [6, 6.07) is 16.5. The number of hydrogen-bond acceptors (Lipinski definition) is 2. The summed E-state index contributed by atoms with van der Waals surface area (Å²) in [7, 11) is 0. The molecule has 4 nitrogen and oxygen atoms in total. The van der Waals surface area contributed by atoms with Gasteiger partial charge in [0.15, 0.2) is 5.22 Å². The summed E-state index contributed by atoms with van der Waals surface area (Å²) in [6.45, 7) is 0. The standard InChI is InChI=1S/C22H19N3O/c26-19-13-18(12-14-9-10-15-5-1-4-8-17(15)11-14)23-22-20(19)21(24-25-22)16-6-2-3-7-16/h1,4-5,8-11,13,16H,2-3,6-7,12H2/p+1. The molecule has 0 bridgehead atoms. The van der Waals surface area contributed by atoms with Gasteiger partial charge >= 0.3 is 5.49 Å². The fourth-order valence-corrected chi connectivity index (χ4v) is 4.22. The average molecular weight is 342 g/mol. The Balaban J connectivity index is 1.54. The van der Waals surface area contributed by atoms with Crippen molar-refractivity contribution in [1.29, 1.82) is 0 Å². The molecule has 2 aliphatic rings. The van der Waals surface area contributed by atoms with Crippen molar-refractivity contribution in [3.8, 4) is 0 Å². The third kappa shape index (κ3) is 2.59. The minimum absolute atomic E-state index is 0.0430. The first-order valence-corrected chi connectivity index (χ1v) is 9.31. The predicted octanol–water partition coefficient (Wildman–Crippen LogP) is 2.71. The highest BCUT2D eigenvalue weighted by Crippen LogP contribution is 2.31. The highest BCUT2D eigenvalue weighted by molar-refractivity contribution is 5.83. The van der Waals surface area contributed by atoms with Crippen LogP contribution in [0.5, 0.6) is 0 Å². The van der Waals surface area contributed by atoms with Gasteiger partial charge < -0.3 is 0 Å². The molecule has 1 aromatic heterocycles. The molecule has 1 saturated carbocycles. The molecule has 4 heteroatoms. The molecule has 0 radical (unpaired) electrons. The summed E-state index contributed by atoms with van der Waals surface area (Å²) < 4.78 is 0. The van der Waals surface area contributed by atoms with Gasteiger partial charge in [0.05, 0.1) is 0 Å². The van der Waals surface area contributed by atoms with Crippen LogP contribution in [0.4, 0.5) is 0 Å². The van der Waals surface area contributed by atoms with Crippen LogP contribution >= 0.6 is 0 Å². The molecule has 0 amide bonds. The van der Waals surface area contributed by atoms with Crippen LogP contribution in [0.25, 0.3) is 16.5 Å². The van der Waals surface area contributed by atoms with E-state index in [1.807, 2.05) is 12.1 Å². The Hall–Kier alpha value is -2.97. The number of hydrogen-bond donors (Lipinski definition) is 1. The number of nitrogens with one attached hydrogen (secondary N) is 1. The van der Waals surface area contributed by atoms with Crippen molar-refractivity contribution >= 4 is 16.5 Å². The number of aromatic nitrogens is 1. The molecule has 0 unspecified atom stereocenters. The van der Waals surface area contributed by atoms with Crippen LogP contribution in [0.3, 0.4) is 0 Å². The van der Waals surface area contributed by atoms with Crippen LogP contribution in [-0.2, 0) is 6.42 Å². The molecule has 1 N–H and O–H groups in total. The Labute approximate surface area is 150 Å². The van der Waals surface area contributed by atoms with Crippen molar-refractivity contribution in [2.24, 2.45) is 11.0 Å². The van der Waals surface area contributed by atoms with Crippen molar-refractivity contribution in [3.63, 3.8) is 0 Å². The van der Waals surface area contributed by atoms with Crippen LogP contribution < -0.4 is 16.1 Å². The molecule has 1 aliphatic heterocycles. The number of fused-ring (bicyclic) bond motifs is 2. The van der Waals surface area contributed by atoms with E-state index in [4.69, 9.17) is 0 Å². The van der Waals surface area contributed by atoms with Crippen LogP contribution in [0.15, 0.2) is 58.4 Å². The molecule has 2 heterocycles. The second-order valence-electron chi connectivity index (χ2n) is 7.31. The lowest BCUT2D eigenvalue weighted by molar-refractivity contribution is -0.133. The molecule has 2 aromatic carbocycles. The van der Waals surface area contributed by atoms with Gasteiger partial charge in [-0.3, -0.25) is 4.79 Å². The second-order valence-corrected chi connectivity index (χ2v) is 7.31. The van der Waals surface area contributed by atoms with Gasteiger partial charge in [0.2, 0.25) is 5.43 Å². The Kier molecular flexibility index (Phi) is 3.58. The van der Waals surface area contributed by atoms with E-state index in [1.54, 1.807) is 6.07 Å². The molecular weight excluding hydrogens is 322 g/mol. The Morgan fingerprint density at radius 1 is 1.04 bits per heavy atom. The summed E-state index contributed by atoms with van der Waals surface area (Å²) >= 11 is 0. The van der Waals surface area contributed by atoms with Crippen LogP contribution in [0, 0.1) is 5.92 Å². The largest absolute Gasteiger partial charge is 0.417 e. The number of H-pyrrole nitrogens is 1. The fourth-order valence-electron chi connectivity index (χ4n) is 4.22. The number of pyridine rings is 1. The van der Waals surface area contributed by atoms with Crippen LogP contribution in [-0.4, -0.2) is 9.77 Å². The molecule has 26 heavy (non-hydrogen) atoms. The number of nitrogens with zero attached hydrogens (tertiary/aromatic N) is 2. The monoisotopic (exact) mass is 342 g/mol. The summed E-state index contributed by atoms with van der Waals surface area (Å²) in [6.07, 6.45) is 5.35. The molecule has 3 aromatic rings. The number of benzene rings is 2. The van der Waals surface area contributed by atoms with Crippen LogP contribution in [0.1, 0.15) is 36.9 Å². The summed E-state index contributed by atoms with van der Waals surface area (Å²) in [4.78, 5) is 20.3. The Morgan fingerprint density at radius 2 is 1.85 bits per heavy atom. The Morgan fingerprint density at radius 3 is 2.69 bits per heavy atom. The molecule has 1 aliphatic carbocycles. The average Bonchev–Trinajstić information content (AvgIpc) is 3.31. The first-order chi connectivity index (χ1) is 12.8. The first kappa shape index (κ1) is 15.3. The van der Waals surface area contributed by atoms with E-state index in [2.05, 4.69) is 45.2 Å². The van der Waals surface area contributed by atoms with Crippen molar-refractivity contribution in [2.45, 2.75) is 32.1 Å². The third-order valence-corrected chi connectivity index (χ3v) is 5.53. The molecular formula is C22H20N3O+. The first-order valence-electron chi connectivity index (χ1n) is 9.31. The zero-order chi connectivity index (χ0) is 17.5. The maximum Gasteiger partial charge on any atom is 0.417 e. The van der Waals surface area contributed by atoms with Gasteiger partial charge in [-0.1, -0.05) is 60.1 Å². The predicted molar refractivity (Wildman–Crippen MR) is 100 cm³/mol. The van der Waals surface area contributed by atoms with Crippen molar-refractivity contribution < 1.29 is 4.79 Å². The van der Waals surface area contributed by atoms with Gasteiger partial charge in [-0.15, -0.1) is 0 Å². The van der Waals surface area contributed by atoms with E-state index in [-0.39, 0.29) is 5.43 Å². The molecule has 128 valence electrons. The highest BCUT2D eigenvalue weighted by Gasteiger charge is 2.27. The lowest BCUT2D eigenvalue weighted by Crippen LogP contribution is -2.42. The van der Waals surface area contributed by atoms with E-state index in [0.29, 0.717) is 23.0 Å². The van der Waals surface area contributed by atoms with E-state index < -0.39 is 0 Å². The molecule has 5 rings (SSSR count). The van der Waals surface area contributed by atoms with E-state index in [1.165, 1.54) is 29.2 Å². The minimum Gasteiger partial charge on any atom is -0.289 e. The molecule has 0 atom stereocenters. The molecule has 0 saturated heterocycles. The van der Waals surface area contributed by atoms with Crippen molar-refractivity contribution in [3.05, 3.63) is 80.7 Å². The SMILES string of the molecule is O=c1cc(Cc2ccc3ccccc3c2)[nH]c2c1=C(C1CCCC1)N=[N+]=2. The van der Waals surface area contributed by atoms with Gasteiger partial charge in [-0.25, -0.2) is 4.98 Å². The third-order valence-electron chi connectivity index (χ3n) is 5.53. The maximum atomic E-state index is 12.7. The number of rotatable bonds is 3. The topological polar surface area (TPSA) is 59.3 Å². The number of aromatic amines is 1. The summed E-state index contributed by atoms with van der Waals surface area (Å²) in [5.74, 6) is 0.396. The zero-order valence-electron chi connectivity index (χ0n) is 14.5. The highest BCUT2D eigenvalue weighted by atomic mass is 16.1. The van der Waals surface area contributed by atoms with E-state index in [0.717, 1.165) is 24.2 Å². The summed E-state index contributed by atoms with van der Waals surface area (Å²) in [5, 5.41) is 7.48. The van der Waals surface area contributed by atoms with Gasteiger partial charge in [0.1, 0.15) is 11.4 Å². The van der Waals surface area contributed by atoms with Crippen molar-refractivity contribution in [2.75, 3.05) is 0 Å². The van der Waals surface area contributed by atoms with Gasteiger partial charge in [-0.2, -0.15) is 0 Å². The molecule has 1 fully saturated rings. The lowest BCUT2D eigenvalue weighted by atomic mass is 10.0. The quantitative estimate of drug-likeness (QED) is 0.731. The smallest absolute Gasteiger partial charge is 0.289 e. The van der Waals surface area contributed by atoms with Crippen molar-refractivity contribution in [1.82, 2.24) is 4.98 Å². The fraction of sp³-hybridized carbons (Fsp3) is 0.273. The lowest BCUT2D eigenvalue weighted by Gasteiger charge is -2.03. The summed E-state index contributed by atoms with van der Waals surface area (Å²) in [5.41, 5.74) is 3.64. The Bertz CT molecular complexity index is 1230.